The Bertz CT molecular complexity index is 690. The van der Waals surface area contributed by atoms with Crippen LogP contribution >= 0.6 is 11.6 Å². The summed E-state index contributed by atoms with van der Waals surface area (Å²) in [6.45, 7) is 2.41. The van der Waals surface area contributed by atoms with Crippen molar-refractivity contribution in [3.8, 4) is 11.3 Å². The Balaban J connectivity index is 1.64. The number of aromatic nitrogens is 2. The molecule has 0 spiro atoms. The molecule has 1 aromatic heterocycles. The number of hydrogen-bond acceptors (Lipinski definition) is 3. The van der Waals surface area contributed by atoms with E-state index >= 15 is 0 Å². The summed E-state index contributed by atoms with van der Waals surface area (Å²) < 4.78 is 0. The predicted octanol–water partition coefficient (Wildman–Crippen LogP) is 2.38. The lowest BCUT2D eigenvalue weighted by Crippen LogP contribution is -2.29. The highest BCUT2D eigenvalue weighted by Gasteiger charge is 2.12. The first kappa shape index (κ1) is 14.8. The van der Waals surface area contributed by atoms with Crippen LogP contribution in [-0.2, 0) is 0 Å². The Morgan fingerprint density at radius 1 is 1.32 bits per heavy atom. The first-order valence-corrected chi connectivity index (χ1v) is 7.58. The Labute approximate surface area is 133 Å². The number of benzene rings is 1. The third-order valence-electron chi connectivity index (χ3n) is 3.60. The van der Waals surface area contributed by atoms with E-state index in [2.05, 4.69) is 26.9 Å². The van der Waals surface area contributed by atoms with Gasteiger partial charge in [-0.05, 0) is 31.2 Å². The van der Waals surface area contributed by atoms with Gasteiger partial charge in [0.05, 0.1) is 5.69 Å². The number of amides is 1. The minimum absolute atomic E-state index is 0.146. The van der Waals surface area contributed by atoms with Crippen molar-refractivity contribution >= 4 is 17.5 Å². The van der Waals surface area contributed by atoms with Gasteiger partial charge in [0, 0.05) is 23.7 Å². The molecule has 3 rings (SSSR count). The van der Waals surface area contributed by atoms with Crippen LogP contribution < -0.4 is 10.6 Å². The van der Waals surface area contributed by atoms with Crippen molar-refractivity contribution in [3.05, 3.63) is 52.7 Å². The van der Waals surface area contributed by atoms with Gasteiger partial charge in [0.25, 0.3) is 5.91 Å². The van der Waals surface area contributed by atoms with Gasteiger partial charge in [-0.15, -0.1) is 0 Å². The summed E-state index contributed by atoms with van der Waals surface area (Å²) in [5.74, 6) is -0.146. The van der Waals surface area contributed by atoms with Gasteiger partial charge >= 0.3 is 0 Å². The van der Waals surface area contributed by atoms with Crippen LogP contribution in [0, 0.1) is 0 Å². The van der Waals surface area contributed by atoms with Crippen molar-refractivity contribution in [2.75, 3.05) is 19.6 Å². The van der Waals surface area contributed by atoms with E-state index in [1.54, 1.807) is 18.2 Å². The topological polar surface area (TPSA) is 69.8 Å². The van der Waals surface area contributed by atoms with Crippen LogP contribution in [-0.4, -0.2) is 35.7 Å². The third kappa shape index (κ3) is 3.55. The maximum atomic E-state index is 12.1. The standard InChI is InChI=1S/C16H17ClN4O/c17-13-3-1-12(2-4-13)14-9-15(21-20-14)16(22)19-10-11-5-7-18-8-6-11/h1-5,9,18H,6-8,10H2,(H,19,22)(H,20,21). The van der Waals surface area contributed by atoms with Gasteiger partial charge in [-0.1, -0.05) is 35.4 Å². The van der Waals surface area contributed by atoms with Crippen LogP contribution in [0.25, 0.3) is 11.3 Å². The molecule has 1 aliphatic heterocycles. The zero-order valence-corrected chi connectivity index (χ0v) is 12.8. The Morgan fingerprint density at radius 2 is 2.14 bits per heavy atom. The van der Waals surface area contributed by atoms with E-state index in [0.717, 1.165) is 30.8 Å². The average molecular weight is 317 g/mol. The first-order valence-electron chi connectivity index (χ1n) is 7.20. The normalized spacial score (nSPS) is 14.5. The molecule has 114 valence electrons. The minimum Gasteiger partial charge on any atom is -0.347 e. The number of H-pyrrole nitrogens is 1. The van der Waals surface area contributed by atoms with Gasteiger partial charge in [-0.25, -0.2) is 0 Å². The van der Waals surface area contributed by atoms with Crippen LogP contribution in [0.4, 0.5) is 0 Å². The number of aromatic amines is 1. The number of halogens is 1. The molecular weight excluding hydrogens is 300 g/mol. The summed E-state index contributed by atoms with van der Waals surface area (Å²) in [5, 5.41) is 13.8. The van der Waals surface area contributed by atoms with E-state index in [4.69, 9.17) is 11.6 Å². The molecule has 22 heavy (non-hydrogen) atoms. The Hall–Kier alpha value is -2.11. The van der Waals surface area contributed by atoms with E-state index in [0.29, 0.717) is 17.3 Å². The fraction of sp³-hybridized carbons (Fsp3) is 0.250. The molecule has 0 fully saturated rings. The maximum Gasteiger partial charge on any atom is 0.269 e. The van der Waals surface area contributed by atoms with Crippen molar-refractivity contribution < 1.29 is 4.79 Å². The fourth-order valence-electron chi connectivity index (χ4n) is 2.33. The molecule has 2 heterocycles. The summed E-state index contributed by atoms with van der Waals surface area (Å²) >= 11 is 5.87. The van der Waals surface area contributed by atoms with Gasteiger partial charge in [-0.2, -0.15) is 5.10 Å². The molecule has 0 saturated heterocycles. The van der Waals surface area contributed by atoms with Crippen molar-refractivity contribution in [3.63, 3.8) is 0 Å². The van der Waals surface area contributed by atoms with Gasteiger partial charge in [0.2, 0.25) is 0 Å². The Morgan fingerprint density at radius 3 is 2.86 bits per heavy atom. The summed E-state index contributed by atoms with van der Waals surface area (Å²) in [6.07, 6.45) is 3.09. The van der Waals surface area contributed by atoms with Gasteiger partial charge in [0.1, 0.15) is 5.69 Å². The molecule has 0 bridgehead atoms. The quantitative estimate of drug-likeness (QED) is 0.759. The van der Waals surface area contributed by atoms with E-state index < -0.39 is 0 Å². The highest BCUT2D eigenvalue weighted by atomic mass is 35.5. The van der Waals surface area contributed by atoms with Crippen LogP contribution in [0.3, 0.4) is 0 Å². The van der Waals surface area contributed by atoms with Crippen molar-refractivity contribution in [2.24, 2.45) is 0 Å². The highest BCUT2D eigenvalue weighted by molar-refractivity contribution is 6.30. The first-order chi connectivity index (χ1) is 10.7. The zero-order valence-electron chi connectivity index (χ0n) is 12.0. The van der Waals surface area contributed by atoms with Crippen LogP contribution in [0.5, 0.6) is 0 Å². The smallest absolute Gasteiger partial charge is 0.269 e. The average Bonchev–Trinajstić information content (AvgIpc) is 3.04. The molecule has 2 aromatic rings. The molecule has 0 aliphatic carbocycles. The number of nitrogens with one attached hydrogen (secondary N) is 3. The molecule has 0 saturated carbocycles. The molecule has 1 aliphatic rings. The molecule has 1 aromatic carbocycles. The number of rotatable bonds is 4. The van der Waals surface area contributed by atoms with Gasteiger partial charge < -0.3 is 10.6 Å². The molecule has 0 atom stereocenters. The van der Waals surface area contributed by atoms with Crippen molar-refractivity contribution in [2.45, 2.75) is 6.42 Å². The van der Waals surface area contributed by atoms with Crippen molar-refractivity contribution in [1.29, 1.82) is 0 Å². The van der Waals surface area contributed by atoms with E-state index in [1.807, 2.05) is 12.1 Å². The highest BCUT2D eigenvalue weighted by Crippen LogP contribution is 2.20. The fourth-order valence-corrected chi connectivity index (χ4v) is 2.45. The largest absolute Gasteiger partial charge is 0.347 e. The van der Waals surface area contributed by atoms with Crippen molar-refractivity contribution in [1.82, 2.24) is 20.8 Å². The number of hydrogen-bond donors (Lipinski definition) is 3. The molecule has 6 heteroatoms. The van der Waals surface area contributed by atoms with E-state index in [9.17, 15) is 4.79 Å². The summed E-state index contributed by atoms with van der Waals surface area (Å²) in [7, 11) is 0. The van der Waals surface area contributed by atoms with E-state index in [-0.39, 0.29) is 5.91 Å². The maximum absolute atomic E-state index is 12.1. The third-order valence-corrected chi connectivity index (χ3v) is 3.85. The van der Waals surface area contributed by atoms with Crippen LogP contribution in [0.1, 0.15) is 16.9 Å². The number of carbonyl (C=O) groups is 1. The van der Waals surface area contributed by atoms with E-state index in [1.165, 1.54) is 5.57 Å². The Kier molecular flexibility index (Phi) is 4.56. The zero-order chi connectivity index (χ0) is 15.4. The summed E-state index contributed by atoms with van der Waals surface area (Å²) in [4.78, 5) is 12.1. The molecule has 0 radical (unpaired) electrons. The van der Waals surface area contributed by atoms with Crippen LogP contribution in [0.15, 0.2) is 42.0 Å². The number of carbonyl (C=O) groups excluding carboxylic acids is 1. The molecule has 5 nitrogen and oxygen atoms in total. The lowest BCUT2D eigenvalue weighted by molar-refractivity contribution is 0.0951. The molecule has 0 unspecified atom stereocenters. The predicted molar refractivity (Wildman–Crippen MR) is 86.9 cm³/mol. The second kappa shape index (κ2) is 6.77. The number of nitrogens with zero attached hydrogens (tertiary/aromatic N) is 1. The summed E-state index contributed by atoms with van der Waals surface area (Å²) in [6, 6.07) is 9.10. The summed E-state index contributed by atoms with van der Waals surface area (Å²) in [5.41, 5.74) is 3.35. The second-order valence-electron chi connectivity index (χ2n) is 5.17. The SMILES string of the molecule is O=C(NCC1=CCNCC1)c1cc(-c2ccc(Cl)cc2)n[nH]1. The second-order valence-corrected chi connectivity index (χ2v) is 5.61. The monoisotopic (exact) mass is 316 g/mol. The lowest BCUT2D eigenvalue weighted by Gasteiger charge is -2.14. The van der Waals surface area contributed by atoms with Gasteiger partial charge in [0.15, 0.2) is 0 Å². The molecule has 1 amide bonds. The van der Waals surface area contributed by atoms with Crippen LogP contribution in [0.2, 0.25) is 5.02 Å². The lowest BCUT2D eigenvalue weighted by atomic mass is 10.1. The van der Waals surface area contributed by atoms with Gasteiger partial charge in [-0.3, -0.25) is 9.89 Å². The minimum atomic E-state index is -0.146. The molecule has 3 N–H and O–H groups in total. The molecular formula is C16H17ClN4O.